The number of aromatic nitrogens is 4. The lowest BCUT2D eigenvalue weighted by molar-refractivity contribution is 0.794. The minimum Gasteiger partial charge on any atom is -0.265 e. The van der Waals surface area contributed by atoms with Crippen molar-refractivity contribution in [2.24, 2.45) is 0 Å². The summed E-state index contributed by atoms with van der Waals surface area (Å²) in [5, 5.41) is 0. The maximum Gasteiger partial charge on any atom is 0.164 e. The van der Waals surface area contributed by atoms with Crippen LogP contribution in [0, 0.1) is 0 Å². The molecule has 0 saturated heterocycles. The first-order valence-electron chi connectivity index (χ1n) is 20.7. The van der Waals surface area contributed by atoms with E-state index in [1.54, 1.807) is 0 Å². The fourth-order valence-electron chi connectivity index (χ4n) is 9.65. The van der Waals surface area contributed by atoms with E-state index in [4.69, 9.17) is 15.0 Å². The monoisotopic (exact) mass is 776 g/mol. The summed E-state index contributed by atoms with van der Waals surface area (Å²) in [6.45, 7) is 0. The number of hydrogen-bond acceptors (Lipinski definition) is 4. The van der Waals surface area contributed by atoms with E-state index in [1.165, 1.54) is 55.6 Å². The van der Waals surface area contributed by atoms with Crippen LogP contribution in [-0.4, -0.2) is 19.9 Å². The van der Waals surface area contributed by atoms with Gasteiger partial charge in [-0.3, -0.25) is 4.98 Å². The maximum atomic E-state index is 5.00. The molecular weight excluding hydrogens is 741 g/mol. The number of hydrogen-bond donors (Lipinski definition) is 0. The van der Waals surface area contributed by atoms with E-state index in [9.17, 15) is 0 Å². The van der Waals surface area contributed by atoms with Crippen LogP contribution in [0.1, 0.15) is 22.3 Å². The first-order chi connectivity index (χ1) is 30.2. The molecule has 2 aliphatic rings. The highest BCUT2D eigenvalue weighted by Crippen LogP contribution is 2.62. The molecule has 8 aromatic carbocycles. The largest absolute Gasteiger partial charge is 0.265 e. The Morgan fingerprint density at radius 1 is 0.246 bits per heavy atom. The zero-order valence-electron chi connectivity index (χ0n) is 33.1. The predicted octanol–water partition coefficient (Wildman–Crippen LogP) is 13.6. The van der Waals surface area contributed by atoms with E-state index in [0.717, 1.165) is 38.9 Å². The van der Waals surface area contributed by atoms with Crippen LogP contribution in [0.3, 0.4) is 0 Å². The molecule has 2 heterocycles. The van der Waals surface area contributed by atoms with Gasteiger partial charge in [-0.15, -0.1) is 0 Å². The number of pyridine rings is 1. The summed E-state index contributed by atoms with van der Waals surface area (Å²) in [7, 11) is 0. The molecule has 0 N–H and O–H groups in total. The molecule has 0 saturated carbocycles. The molecule has 284 valence electrons. The van der Waals surface area contributed by atoms with Crippen molar-refractivity contribution in [3.63, 3.8) is 0 Å². The maximum absolute atomic E-state index is 5.00. The van der Waals surface area contributed by atoms with Gasteiger partial charge in [0.1, 0.15) is 0 Å². The molecule has 0 unspecified atom stereocenters. The predicted molar refractivity (Wildman–Crippen MR) is 247 cm³/mol. The van der Waals surface area contributed by atoms with Gasteiger partial charge in [-0.2, -0.15) is 0 Å². The zero-order chi connectivity index (χ0) is 40.3. The summed E-state index contributed by atoms with van der Waals surface area (Å²) in [4.78, 5) is 19.1. The molecule has 0 aliphatic heterocycles. The van der Waals surface area contributed by atoms with E-state index in [1.807, 2.05) is 54.9 Å². The molecule has 1 spiro atoms. The molecule has 0 fully saturated rings. The van der Waals surface area contributed by atoms with Gasteiger partial charge in [-0.25, -0.2) is 15.0 Å². The standard InChI is InChI=1S/C57H36N4/c1-2-10-42(11-3-1)54-59-55(61-56(60-54)44-28-24-39(25-29-44)41-32-34-58-35-33-41)43-26-22-38(23-27-43)37-18-20-40(21-19-37)45-30-31-53-49(36-45)48-14-6-9-17-52(48)57(53)50-15-7-4-12-46(50)47-13-5-8-16-51(47)57/h1-36H. The van der Waals surface area contributed by atoms with Crippen molar-refractivity contribution in [3.05, 3.63) is 241 Å². The van der Waals surface area contributed by atoms with Gasteiger partial charge in [0, 0.05) is 29.1 Å². The van der Waals surface area contributed by atoms with E-state index in [0.29, 0.717) is 17.5 Å². The van der Waals surface area contributed by atoms with Crippen molar-refractivity contribution in [2.45, 2.75) is 5.41 Å². The molecule has 10 aromatic rings. The first kappa shape index (κ1) is 34.9. The molecule has 0 atom stereocenters. The minimum absolute atomic E-state index is 0.327. The number of fused-ring (bicyclic) bond motifs is 10. The number of rotatable bonds is 6. The van der Waals surface area contributed by atoms with Crippen molar-refractivity contribution in [3.8, 4) is 89.8 Å². The molecule has 0 radical (unpaired) electrons. The lowest BCUT2D eigenvalue weighted by Gasteiger charge is -2.30. The van der Waals surface area contributed by atoms with Gasteiger partial charge in [-0.05, 0) is 96.1 Å². The Hall–Kier alpha value is -8.08. The Balaban J connectivity index is 0.863. The fraction of sp³-hybridized carbons (Fsp3) is 0.0175. The van der Waals surface area contributed by atoms with Crippen molar-refractivity contribution in [1.82, 2.24) is 19.9 Å². The second kappa shape index (κ2) is 14.0. The Bertz CT molecular complexity index is 3220. The summed E-state index contributed by atoms with van der Waals surface area (Å²) in [6, 6.07) is 73.9. The highest BCUT2D eigenvalue weighted by molar-refractivity contribution is 5.96. The lowest BCUT2D eigenvalue weighted by Crippen LogP contribution is -2.25. The van der Waals surface area contributed by atoms with Gasteiger partial charge in [0.15, 0.2) is 17.5 Å². The lowest BCUT2D eigenvalue weighted by atomic mass is 9.70. The quantitative estimate of drug-likeness (QED) is 0.169. The highest BCUT2D eigenvalue weighted by atomic mass is 15.0. The second-order valence-electron chi connectivity index (χ2n) is 15.8. The minimum atomic E-state index is -0.327. The van der Waals surface area contributed by atoms with Crippen LogP contribution in [0.25, 0.3) is 89.8 Å². The zero-order valence-corrected chi connectivity index (χ0v) is 33.1. The third kappa shape index (κ3) is 5.61. The van der Waals surface area contributed by atoms with E-state index in [-0.39, 0.29) is 5.41 Å². The molecule has 0 amide bonds. The summed E-state index contributed by atoms with van der Waals surface area (Å²) in [6.07, 6.45) is 3.62. The third-order valence-electron chi connectivity index (χ3n) is 12.5. The van der Waals surface area contributed by atoms with Crippen LogP contribution >= 0.6 is 0 Å². The van der Waals surface area contributed by atoms with Gasteiger partial charge in [0.2, 0.25) is 0 Å². The average Bonchev–Trinajstić information content (AvgIpc) is 3.82. The van der Waals surface area contributed by atoms with Crippen molar-refractivity contribution in [2.75, 3.05) is 0 Å². The second-order valence-corrected chi connectivity index (χ2v) is 15.8. The Morgan fingerprint density at radius 2 is 0.574 bits per heavy atom. The van der Waals surface area contributed by atoms with Crippen LogP contribution in [0.4, 0.5) is 0 Å². The summed E-state index contributed by atoms with van der Waals surface area (Å²) >= 11 is 0. The Kier molecular flexibility index (Phi) is 8.04. The smallest absolute Gasteiger partial charge is 0.164 e. The average molecular weight is 777 g/mol. The van der Waals surface area contributed by atoms with Crippen LogP contribution in [0.2, 0.25) is 0 Å². The third-order valence-corrected chi connectivity index (χ3v) is 12.5. The van der Waals surface area contributed by atoms with Crippen LogP contribution in [-0.2, 0) is 5.41 Å². The van der Waals surface area contributed by atoms with Crippen LogP contribution in [0.15, 0.2) is 219 Å². The summed E-state index contributed by atoms with van der Waals surface area (Å²) < 4.78 is 0. The van der Waals surface area contributed by atoms with Crippen LogP contribution < -0.4 is 0 Å². The summed E-state index contributed by atoms with van der Waals surface area (Å²) in [5.74, 6) is 1.91. The fourth-order valence-corrected chi connectivity index (χ4v) is 9.65. The number of nitrogens with zero attached hydrogens (tertiary/aromatic N) is 4. The molecule has 4 nitrogen and oxygen atoms in total. The molecule has 61 heavy (non-hydrogen) atoms. The van der Waals surface area contributed by atoms with E-state index in [2.05, 4.69) is 169 Å². The van der Waals surface area contributed by atoms with Gasteiger partial charge in [0.25, 0.3) is 0 Å². The van der Waals surface area contributed by atoms with Crippen molar-refractivity contribution < 1.29 is 0 Å². The van der Waals surface area contributed by atoms with Crippen LogP contribution in [0.5, 0.6) is 0 Å². The van der Waals surface area contributed by atoms with Crippen molar-refractivity contribution in [1.29, 1.82) is 0 Å². The molecule has 4 heteroatoms. The van der Waals surface area contributed by atoms with Gasteiger partial charge in [0.05, 0.1) is 5.41 Å². The Labute approximate surface area is 354 Å². The van der Waals surface area contributed by atoms with Gasteiger partial charge < -0.3 is 0 Å². The van der Waals surface area contributed by atoms with E-state index >= 15 is 0 Å². The molecule has 12 rings (SSSR count). The van der Waals surface area contributed by atoms with Gasteiger partial charge in [-0.1, -0.05) is 188 Å². The molecule has 2 aliphatic carbocycles. The normalized spacial score (nSPS) is 12.7. The topological polar surface area (TPSA) is 51.6 Å². The Morgan fingerprint density at radius 3 is 1.05 bits per heavy atom. The molecule has 2 aromatic heterocycles. The summed E-state index contributed by atoms with van der Waals surface area (Å²) in [5.41, 5.74) is 20.1. The SMILES string of the molecule is c1ccc(-c2nc(-c3ccc(-c4ccncc4)cc3)nc(-c3ccc(-c4ccc(-c5ccc6c(c5)-c5ccccc5C65c6ccccc6-c6ccccc65)cc4)cc3)n2)cc1. The molecular formula is C57H36N4. The molecule has 0 bridgehead atoms. The first-order valence-corrected chi connectivity index (χ1v) is 20.7. The van der Waals surface area contributed by atoms with Crippen molar-refractivity contribution >= 4 is 0 Å². The highest BCUT2D eigenvalue weighted by Gasteiger charge is 2.51. The van der Waals surface area contributed by atoms with E-state index < -0.39 is 0 Å². The van der Waals surface area contributed by atoms with Gasteiger partial charge >= 0.3 is 0 Å². The number of benzene rings is 8.